The van der Waals surface area contributed by atoms with Gasteiger partial charge in [-0.3, -0.25) is 0 Å². The molecule has 0 aliphatic rings. The van der Waals surface area contributed by atoms with E-state index in [0.717, 1.165) is 16.2 Å². The smallest absolute Gasteiger partial charge is 0.336 e. The topological polar surface area (TPSA) is 37.3 Å². The lowest BCUT2D eigenvalue weighted by molar-refractivity contribution is 0.0701. The van der Waals surface area contributed by atoms with Crippen LogP contribution in [0.15, 0.2) is 48.5 Å². The van der Waals surface area contributed by atoms with Crippen molar-refractivity contribution in [1.82, 2.24) is 0 Å². The molecule has 0 saturated carbocycles. The average Bonchev–Trinajstić information content (AvgIpc) is 2.35. The molecule has 0 aliphatic carbocycles. The van der Waals surface area contributed by atoms with E-state index < -0.39 is 5.97 Å². The summed E-state index contributed by atoms with van der Waals surface area (Å²) < 4.78 is 0. The number of carboxylic acids is 1. The zero-order valence-corrected chi connectivity index (χ0v) is 10.1. The number of aromatic carboxylic acids is 1. The molecule has 3 rings (SSSR count). The number of hydrogen-bond acceptors (Lipinski definition) is 1. The van der Waals surface area contributed by atoms with Gasteiger partial charge in [0.2, 0.25) is 0 Å². The van der Waals surface area contributed by atoms with Gasteiger partial charge in [-0.1, -0.05) is 41.9 Å². The number of carboxylic acid groups (broad SMARTS) is 1. The van der Waals surface area contributed by atoms with Crippen LogP contribution < -0.4 is 0 Å². The lowest BCUT2D eigenvalue weighted by Crippen LogP contribution is -1.99. The molecule has 0 radical (unpaired) electrons. The van der Waals surface area contributed by atoms with Gasteiger partial charge in [-0.15, -0.1) is 0 Å². The molecule has 3 aromatic carbocycles. The van der Waals surface area contributed by atoms with Crippen LogP contribution in [-0.4, -0.2) is 11.1 Å². The zero-order valence-electron chi connectivity index (χ0n) is 9.35. The van der Waals surface area contributed by atoms with E-state index >= 15 is 0 Å². The first kappa shape index (κ1) is 11.1. The highest BCUT2D eigenvalue weighted by Crippen LogP contribution is 2.30. The van der Waals surface area contributed by atoms with Gasteiger partial charge in [-0.2, -0.15) is 0 Å². The van der Waals surface area contributed by atoms with Crippen molar-refractivity contribution in [3.63, 3.8) is 0 Å². The van der Waals surface area contributed by atoms with Crippen LogP contribution in [0.25, 0.3) is 21.5 Å². The molecule has 1 N–H and O–H groups in total. The number of fused-ring (bicyclic) bond motifs is 2. The highest BCUT2D eigenvalue weighted by molar-refractivity contribution is 6.32. The molecule has 3 aromatic rings. The van der Waals surface area contributed by atoms with Crippen LogP contribution in [0.5, 0.6) is 0 Å². The second-order valence-electron chi connectivity index (χ2n) is 4.14. The Morgan fingerprint density at radius 1 is 0.944 bits per heavy atom. The van der Waals surface area contributed by atoms with Crippen molar-refractivity contribution in [3.05, 3.63) is 59.1 Å². The van der Waals surface area contributed by atoms with Crippen LogP contribution in [0.4, 0.5) is 0 Å². The third kappa shape index (κ3) is 1.62. The fourth-order valence-electron chi connectivity index (χ4n) is 2.26. The largest absolute Gasteiger partial charge is 0.478 e. The van der Waals surface area contributed by atoms with E-state index in [0.29, 0.717) is 16.0 Å². The van der Waals surface area contributed by atoms with Gasteiger partial charge >= 0.3 is 5.97 Å². The van der Waals surface area contributed by atoms with Crippen molar-refractivity contribution in [2.24, 2.45) is 0 Å². The summed E-state index contributed by atoms with van der Waals surface area (Å²) in [5.74, 6) is -0.931. The molecule has 18 heavy (non-hydrogen) atoms. The number of benzene rings is 3. The SMILES string of the molecule is O=C(O)c1c2ccccc2cc2ccc(Cl)cc12. The van der Waals surface area contributed by atoms with E-state index in [1.54, 1.807) is 12.1 Å². The summed E-state index contributed by atoms with van der Waals surface area (Å²) in [7, 11) is 0. The molecular weight excluding hydrogens is 248 g/mol. The summed E-state index contributed by atoms with van der Waals surface area (Å²) >= 11 is 5.95. The van der Waals surface area contributed by atoms with Gasteiger partial charge in [0.25, 0.3) is 0 Å². The van der Waals surface area contributed by atoms with Crippen LogP contribution in [-0.2, 0) is 0 Å². The molecule has 3 heteroatoms. The van der Waals surface area contributed by atoms with Crippen molar-refractivity contribution >= 4 is 39.1 Å². The number of rotatable bonds is 1. The summed E-state index contributed by atoms with van der Waals surface area (Å²) in [6, 6.07) is 14.8. The number of hydrogen-bond donors (Lipinski definition) is 1. The Hall–Kier alpha value is -2.06. The maximum absolute atomic E-state index is 11.5. The predicted molar refractivity (Wildman–Crippen MR) is 73.4 cm³/mol. The quantitative estimate of drug-likeness (QED) is 0.658. The monoisotopic (exact) mass is 256 g/mol. The molecule has 0 atom stereocenters. The molecule has 0 aromatic heterocycles. The molecular formula is C15H9ClO2. The molecule has 0 heterocycles. The van der Waals surface area contributed by atoms with Crippen molar-refractivity contribution in [1.29, 1.82) is 0 Å². The van der Waals surface area contributed by atoms with Crippen molar-refractivity contribution in [2.75, 3.05) is 0 Å². The summed E-state index contributed by atoms with van der Waals surface area (Å²) in [6.07, 6.45) is 0. The second kappa shape index (κ2) is 4.00. The second-order valence-corrected chi connectivity index (χ2v) is 4.58. The normalized spacial score (nSPS) is 10.9. The lowest BCUT2D eigenvalue weighted by Gasteiger charge is -2.08. The molecule has 88 valence electrons. The maximum atomic E-state index is 11.5. The van der Waals surface area contributed by atoms with Gasteiger partial charge in [-0.25, -0.2) is 4.79 Å². The van der Waals surface area contributed by atoms with Crippen molar-refractivity contribution in [3.8, 4) is 0 Å². The minimum atomic E-state index is -0.931. The molecule has 2 nitrogen and oxygen atoms in total. The van der Waals surface area contributed by atoms with Crippen LogP contribution in [0.3, 0.4) is 0 Å². The summed E-state index contributed by atoms with van der Waals surface area (Å²) in [6.45, 7) is 0. The highest BCUT2D eigenvalue weighted by Gasteiger charge is 2.13. The maximum Gasteiger partial charge on any atom is 0.336 e. The summed E-state index contributed by atoms with van der Waals surface area (Å²) in [5, 5.41) is 13.2. The van der Waals surface area contributed by atoms with Gasteiger partial charge < -0.3 is 5.11 Å². The Morgan fingerprint density at radius 2 is 1.67 bits per heavy atom. The zero-order chi connectivity index (χ0) is 12.7. The Bertz CT molecular complexity index is 778. The molecule has 0 bridgehead atoms. The van der Waals surface area contributed by atoms with Gasteiger partial charge in [0, 0.05) is 5.02 Å². The predicted octanol–water partition coefficient (Wildman–Crippen LogP) is 4.34. The lowest BCUT2D eigenvalue weighted by atomic mass is 9.97. The Morgan fingerprint density at radius 3 is 2.44 bits per heavy atom. The van der Waals surface area contributed by atoms with Gasteiger partial charge in [0.1, 0.15) is 0 Å². The fourth-order valence-corrected chi connectivity index (χ4v) is 2.44. The van der Waals surface area contributed by atoms with E-state index in [2.05, 4.69) is 0 Å². The summed E-state index contributed by atoms with van der Waals surface area (Å²) in [4.78, 5) is 11.5. The Balaban J connectivity index is 2.59. The van der Waals surface area contributed by atoms with Crippen LogP contribution in [0, 0.1) is 0 Å². The van der Waals surface area contributed by atoms with E-state index in [4.69, 9.17) is 11.6 Å². The molecule has 0 saturated heterocycles. The third-order valence-electron chi connectivity index (χ3n) is 3.04. The highest BCUT2D eigenvalue weighted by atomic mass is 35.5. The molecule has 0 spiro atoms. The average molecular weight is 257 g/mol. The van der Waals surface area contributed by atoms with Crippen LogP contribution in [0.1, 0.15) is 10.4 Å². The van der Waals surface area contributed by atoms with E-state index in [-0.39, 0.29) is 0 Å². The Labute approximate surface area is 108 Å². The first-order valence-corrected chi connectivity index (χ1v) is 5.89. The third-order valence-corrected chi connectivity index (χ3v) is 3.27. The fraction of sp³-hybridized carbons (Fsp3) is 0. The van der Waals surface area contributed by atoms with E-state index in [1.165, 1.54) is 0 Å². The standard InChI is InChI=1S/C15H9ClO2/c16-11-6-5-10-7-9-3-1-2-4-12(9)14(15(17)18)13(10)8-11/h1-8H,(H,17,18). The molecule has 0 aliphatic heterocycles. The van der Waals surface area contributed by atoms with Crippen LogP contribution in [0.2, 0.25) is 5.02 Å². The van der Waals surface area contributed by atoms with Crippen molar-refractivity contribution in [2.45, 2.75) is 0 Å². The minimum Gasteiger partial charge on any atom is -0.478 e. The van der Waals surface area contributed by atoms with Crippen molar-refractivity contribution < 1.29 is 9.90 Å². The van der Waals surface area contributed by atoms with Gasteiger partial charge in [-0.05, 0) is 39.7 Å². The number of carbonyl (C=O) groups is 1. The first-order chi connectivity index (χ1) is 8.66. The van der Waals surface area contributed by atoms with E-state index in [9.17, 15) is 9.90 Å². The number of halogens is 1. The van der Waals surface area contributed by atoms with Crippen LogP contribution >= 0.6 is 11.6 Å². The van der Waals surface area contributed by atoms with E-state index in [1.807, 2.05) is 36.4 Å². The molecule has 0 amide bonds. The van der Waals surface area contributed by atoms with Gasteiger partial charge in [0.05, 0.1) is 5.56 Å². The first-order valence-electron chi connectivity index (χ1n) is 5.51. The minimum absolute atomic E-state index is 0.311. The Kier molecular flexibility index (Phi) is 2.46. The molecule has 0 unspecified atom stereocenters. The molecule has 0 fully saturated rings. The van der Waals surface area contributed by atoms with Gasteiger partial charge in [0.15, 0.2) is 0 Å². The summed E-state index contributed by atoms with van der Waals surface area (Å²) in [5.41, 5.74) is 0.311.